The van der Waals surface area contributed by atoms with Crippen molar-refractivity contribution >= 4 is 11.9 Å². The van der Waals surface area contributed by atoms with Gasteiger partial charge in [-0.2, -0.15) is 0 Å². The van der Waals surface area contributed by atoms with Crippen LogP contribution >= 0.6 is 0 Å². The Labute approximate surface area is 81.3 Å². The topological polar surface area (TPSA) is 75.7 Å². The molecule has 1 saturated heterocycles. The molecule has 1 heterocycles. The standard InChI is InChI=1S/C9H12O5/c10-8(11)3-4-9(12)14-6-7-2-1-5-13-7/h3-4,7H,1-2,5-6H2,(H,10,11)/p-1/b4-3+/t7-/m0/s1. The fourth-order valence-corrected chi connectivity index (χ4v) is 1.14. The molecule has 5 nitrogen and oxygen atoms in total. The van der Waals surface area contributed by atoms with Gasteiger partial charge in [0.25, 0.3) is 0 Å². The van der Waals surface area contributed by atoms with E-state index in [0.29, 0.717) is 12.7 Å². The van der Waals surface area contributed by atoms with Crippen molar-refractivity contribution in [2.24, 2.45) is 0 Å². The average Bonchev–Trinajstić information content (AvgIpc) is 2.63. The van der Waals surface area contributed by atoms with Crippen LogP contribution in [0.3, 0.4) is 0 Å². The van der Waals surface area contributed by atoms with Crippen molar-refractivity contribution in [3.63, 3.8) is 0 Å². The molecule has 0 saturated carbocycles. The lowest BCUT2D eigenvalue weighted by molar-refractivity contribution is -0.297. The highest BCUT2D eigenvalue weighted by atomic mass is 16.6. The third-order valence-corrected chi connectivity index (χ3v) is 1.79. The summed E-state index contributed by atoms with van der Waals surface area (Å²) in [6.07, 6.45) is 3.26. The number of rotatable bonds is 4. The molecule has 0 aliphatic carbocycles. The second-order valence-electron chi connectivity index (χ2n) is 2.92. The molecule has 0 aromatic heterocycles. The summed E-state index contributed by atoms with van der Waals surface area (Å²) < 4.78 is 9.93. The van der Waals surface area contributed by atoms with Crippen molar-refractivity contribution in [1.82, 2.24) is 0 Å². The van der Waals surface area contributed by atoms with Gasteiger partial charge in [-0.1, -0.05) is 0 Å². The number of ether oxygens (including phenoxy) is 2. The number of carbonyl (C=O) groups is 2. The first-order valence-corrected chi connectivity index (χ1v) is 4.36. The molecule has 1 atom stereocenters. The van der Waals surface area contributed by atoms with Crippen LogP contribution in [0, 0.1) is 0 Å². The maximum atomic E-state index is 10.8. The lowest BCUT2D eigenvalue weighted by Crippen LogP contribution is -2.20. The number of hydrogen-bond donors (Lipinski definition) is 0. The van der Waals surface area contributed by atoms with E-state index in [2.05, 4.69) is 0 Å². The maximum Gasteiger partial charge on any atom is 0.330 e. The van der Waals surface area contributed by atoms with Gasteiger partial charge in [-0.05, 0) is 18.9 Å². The van der Waals surface area contributed by atoms with Gasteiger partial charge < -0.3 is 19.4 Å². The van der Waals surface area contributed by atoms with Gasteiger partial charge in [0.05, 0.1) is 12.1 Å². The largest absolute Gasteiger partial charge is 0.545 e. The number of carboxylic acid groups (broad SMARTS) is 1. The summed E-state index contributed by atoms with van der Waals surface area (Å²) in [5.41, 5.74) is 0. The summed E-state index contributed by atoms with van der Waals surface area (Å²) in [5, 5.41) is 9.93. The minimum absolute atomic E-state index is 0.0460. The molecule has 14 heavy (non-hydrogen) atoms. The van der Waals surface area contributed by atoms with Gasteiger partial charge >= 0.3 is 5.97 Å². The van der Waals surface area contributed by atoms with Crippen LogP contribution < -0.4 is 5.11 Å². The van der Waals surface area contributed by atoms with Gasteiger partial charge in [0.1, 0.15) is 6.61 Å². The summed E-state index contributed by atoms with van der Waals surface area (Å²) in [6, 6.07) is 0. The van der Waals surface area contributed by atoms with E-state index in [1.54, 1.807) is 0 Å². The Bertz CT molecular complexity index is 240. The Balaban J connectivity index is 2.17. The first-order valence-electron chi connectivity index (χ1n) is 4.36. The van der Waals surface area contributed by atoms with E-state index in [1.807, 2.05) is 0 Å². The van der Waals surface area contributed by atoms with Crippen LogP contribution in [0.25, 0.3) is 0 Å². The molecular weight excluding hydrogens is 188 g/mol. The number of carbonyl (C=O) groups excluding carboxylic acids is 2. The Hall–Kier alpha value is -1.36. The highest BCUT2D eigenvalue weighted by molar-refractivity contribution is 5.89. The molecule has 1 fully saturated rings. The summed E-state index contributed by atoms with van der Waals surface area (Å²) in [4.78, 5) is 20.8. The smallest absolute Gasteiger partial charge is 0.330 e. The van der Waals surface area contributed by atoms with Crippen LogP contribution in [0.15, 0.2) is 12.2 Å². The molecule has 0 aromatic carbocycles. The van der Waals surface area contributed by atoms with Gasteiger partial charge in [-0.3, -0.25) is 0 Å². The summed E-state index contributed by atoms with van der Waals surface area (Å²) in [7, 11) is 0. The Morgan fingerprint density at radius 2 is 2.29 bits per heavy atom. The summed E-state index contributed by atoms with van der Waals surface area (Å²) >= 11 is 0. The zero-order valence-corrected chi connectivity index (χ0v) is 7.60. The van der Waals surface area contributed by atoms with Crippen molar-refractivity contribution < 1.29 is 24.2 Å². The van der Waals surface area contributed by atoms with E-state index < -0.39 is 11.9 Å². The first kappa shape index (κ1) is 10.7. The van der Waals surface area contributed by atoms with Gasteiger partial charge in [0.15, 0.2) is 0 Å². The average molecular weight is 199 g/mol. The second-order valence-corrected chi connectivity index (χ2v) is 2.92. The van der Waals surface area contributed by atoms with Crippen LogP contribution in [0.2, 0.25) is 0 Å². The third-order valence-electron chi connectivity index (χ3n) is 1.79. The van der Waals surface area contributed by atoms with E-state index >= 15 is 0 Å². The molecule has 0 radical (unpaired) electrons. The van der Waals surface area contributed by atoms with E-state index in [-0.39, 0.29) is 12.7 Å². The molecule has 1 aliphatic rings. The zero-order chi connectivity index (χ0) is 10.4. The monoisotopic (exact) mass is 199 g/mol. The van der Waals surface area contributed by atoms with Crippen molar-refractivity contribution in [1.29, 1.82) is 0 Å². The van der Waals surface area contributed by atoms with E-state index in [0.717, 1.165) is 18.9 Å². The predicted octanol–water partition coefficient (Wildman–Crippen LogP) is -0.985. The number of esters is 1. The van der Waals surface area contributed by atoms with E-state index in [4.69, 9.17) is 9.47 Å². The van der Waals surface area contributed by atoms with E-state index in [9.17, 15) is 14.7 Å². The molecule has 0 unspecified atom stereocenters. The fourth-order valence-electron chi connectivity index (χ4n) is 1.14. The van der Waals surface area contributed by atoms with E-state index in [1.165, 1.54) is 0 Å². The lowest BCUT2D eigenvalue weighted by atomic mass is 10.2. The van der Waals surface area contributed by atoms with Gasteiger partial charge in [-0.15, -0.1) is 0 Å². The molecule has 1 aliphatic heterocycles. The molecule has 0 amide bonds. The van der Waals surface area contributed by atoms with Crippen LogP contribution in [0.1, 0.15) is 12.8 Å². The Kier molecular flexibility index (Phi) is 4.12. The zero-order valence-electron chi connectivity index (χ0n) is 7.60. The Morgan fingerprint density at radius 1 is 1.50 bits per heavy atom. The van der Waals surface area contributed by atoms with Crippen LogP contribution in [-0.4, -0.2) is 31.3 Å². The van der Waals surface area contributed by atoms with Crippen molar-refractivity contribution in [3.8, 4) is 0 Å². The quantitative estimate of drug-likeness (QED) is 0.429. The van der Waals surface area contributed by atoms with Crippen LogP contribution in [-0.2, 0) is 19.1 Å². The van der Waals surface area contributed by atoms with Crippen LogP contribution in [0.5, 0.6) is 0 Å². The minimum Gasteiger partial charge on any atom is -0.545 e. The second kappa shape index (κ2) is 5.39. The molecule has 0 spiro atoms. The van der Waals surface area contributed by atoms with Crippen LogP contribution in [0.4, 0.5) is 0 Å². The fraction of sp³-hybridized carbons (Fsp3) is 0.556. The molecule has 0 bridgehead atoms. The highest BCUT2D eigenvalue weighted by Crippen LogP contribution is 2.11. The number of aliphatic carboxylic acids is 1. The minimum atomic E-state index is -1.42. The molecule has 0 aromatic rings. The normalized spacial score (nSPS) is 21.3. The third kappa shape index (κ3) is 4.04. The number of hydrogen-bond acceptors (Lipinski definition) is 5. The van der Waals surface area contributed by atoms with Gasteiger partial charge in [-0.25, -0.2) is 4.79 Å². The molecule has 1 rings (SSSR count). The summed E-state index contributed by atoms with van der Waals surface area (Å²) in [6.45, 7) is 0.868. The number of carboxylic acids is 1. The Morgan fingerprint density at radius 3 is 2.86 bits per heavy atom. The highest BCUT2D eigenvalue weighted by Gasteiger charge is 2.16. The van der Waals surface area contributed by atoms with Crippen molar-refractivity contribution in [2.45, 2.75) is 18.9 Å². The molecular formula is C9H11O5-. The molecule has 0 N–H and O–H groups in total. The van der Waals surface area contributed by atoms with Crippen molar-refractivity contribution in [2.75, 3.05) is 13.2 Å². The maximum absolute atomic E-state index is 10.8. The molecule has 78 valence electrons. The predicted molar refractivity (Wildman–Crippen MR) is 44.1 cm³/mol. The lowest BCUT2D eigenvalue weighted by Gasteiger charge is -2.08. The SMILES string of the molecule is O=C([O-])/C=C/C(=O)OC[C@@H]1CCCO1. The van der Waals surface area contributed by atoms with Crippen molar-refractivity contribution in [3.05, 3.63) is 12.2 Å². The van der Waals surface area contributed by atoms with Gasteiger partial charge in [0, 0.05) is 12.7 Å². The first-order chi connectivity index (χ1) is 6.68. The molecule has 5 heteroatoms. The van der Waals surface area contributed by atoms with Gasteiger partial charge in [0.2, 0.25) is 0 Å². The summed E-state index contributed by atoms with van der Waals surface area (Å²) in [5.74, 6) is -2.11.